The maximum Gasteiger partial charge on any atom is 0.190 e. The van der Waals surface area contributed by atoms with Crippen molar-refractivity contribution in [2.24, 2.45) is 10.2 Å². The Balaban J connectivity index is 0.000000241. The van der Waals surface area contributed by atoms with E-state index >= 15 is 0 Å². The third kappa shape index (κ3) is 6.69. The van der Waals surface area contributed by atoms with E-state index in [0.717, 1.165) is 56.3 Å². The first-order valence-electron chi connectivity index (χ1n) is 9.97. The molecule has 0 spiro atoms. The Morgan fingerprint density at radius 1 is 0.474 bits per heavy atom. The Morgan fingerprint density at radius 3 is 1.00 bits per heavy atom. The summed E-state index contributed by atoms with van der Waals surface area (Å²) in [6, 6.07) is 7.88. The second-order valence-electron chi connectivity index (χ2n) is 6.93. The van der Waals surface area contributed by atoms with Gasteiger partial charge in [0.2, 0.25) is 0 Å². The van der Waals surface area contributed by atoms with E-state index < -0.39 is 65.1 Å². The van der Waals surface area contributed by atoms with E-state index in [1.807, 2.05) is 24.3 Å². The van der Waals surface area contributed by atoms with Crippen LogP contribution in [0.15, 0.2) is 59.3 Å². The van der Waals surface area contributed by atoms with Gasteiger partial charge in [0.15, 0.2) is 57.9 Å². The average molecular weight is 760 g/mol. The fourth-order valence-electron chi connectivity index (χ4n) is 2.60. The lowest BCUT2D eigenvalue weighted by Gasteiger charge is -2.06. The van der Waals surface area contributed by atoms with E-state index in [4.69, 9.17) is 0 Å². The molecule has 0 unspecified atom stereocenters. The second-order valence-corrected chi connectivity index (χ2v) is 9.09. The van der Waals surface area contributed by atoms with Gasteiger partial charge in [0.05, 0.1) is 7.14 Å². The van der Waals surface area contributed by atoms with Gasteiger partial charge in [-0.15, -0.1) is 10.2 Å². The lowest BCUT2D eigenvalue weighted by molar-refractivity contribution is 0.444. The van der Waals surface area contributed by atoms with Gasteiger partial charge in [0.1, 0.15) is 0 Å². The molecule has 0 N–H and O–H groups in total. The van der Waals surface area contributed by atoms with Gasteiger partial charge < -0.3 is 0 Å². The van der Waals surface area contributed by atoms with E-state index in [1.54, 1.807) is 24.8 Å². The molecule has 2 aromatic heterocycles. The molecule has 196 valence electrons. The zero-order chi connectivity index (χ0) is 28.0. The second kappa shape index (κ2) is 13.2. The summed E-state index contributed by atoms with van der Waals surface area (Å²) in [4.78, 5) is 7.91. The summed E-state index contributed by atoms with van der Waals surface area (Å²) in [6.45, 7) is 0. The number of azo groups is 1. The van der Waals surface area contributed by atoms with E-state index in [9.17, 15) is 35.1 Å². The Labute approximate surface area is 236 Å². The summed E-state index contributed by atoms with van der Waals surface area (Å²) in [5.41, 5.74) is -0.999. The average Bonchev–Trinajstić information content (AvgIpc) is 2.94. The molecule has 0 amide bonds. The molecule has 0 saturated heterocycles. The highest BCUT2D eigenvalue weighted by molar-refractivity contribution is 14.1. The molecule has 0 bridgehead atoms. The summed E-state index contributed by atoms with van der Waals surface area (Å²) in [5, 5.41) is 5.30. The largest absolute Gasteiger partial charge is 0.265 e. The topological polar surface area (TPSA) is 50.5 Å². The molecule has 4 aromatic rings. The van der Waals surface area contributed by atoms with Crippen molar-refractivity contribution in [3.8, 4) is 0 Å². The van der Waals surface area contributed by atoms with Crippen LogP contribution in [0.5, 0.6) is 0 Å². The van der Waals surface area contributed by atoms with Crippen LogP contribution >= 0.6 is 45.2 Å². The minimum atomic E-state index is -1.99. The van der Waals surface area contributed by atoms with Crippen molar-refractivity contribution >= 4 is 68.7 Å². The lowest BCUT2D eigenvalue weighted by atomic mass is 10.2. The quantitative estimate of drug-likeness (QED) is 0.0686. The highest BCUT2D eigenvalue weighted by atomic mass is 127. The molecule has 2 heterocycles. The van der Waals surface area contributed by atoms with Crippen LogP contribution in [0.4, 0.5) is 46.5 Å². The third-order valence-corrected chi connectivity index (χ3v) is 6.40. The fourth-order valence-corrected chi connectivity index (χ4v) is 3.55. The minimum absolute atomic E-state index is 0.977. The van der Waals surface area contributed by atoms with Crippen LogP contribution < -0.4 is 0 Å². The molecule has 14 heteroatoms. The van der Waals surface area contributed by atoms with Crippen molar-refractivity contribution in [3.63, 3.8) is 0 Å². The van der Waals surface area contributed by atoms with E-state index in [1.165, 1.54) is 0 Å². The maximum absolute atomic E-state index is 13.6. The van der Waals surface area contributed by atoms with Gasteiger partial charge in [0, 0.05) is 24.8 Å². The summed E-state index contributed by atoms with van der Waals surface area (Å²) in [7, 11) is 0. The van der Waals surface area contributed by atoms with Crippen molar-refractivity contribution in [3.05, 3.63) is 114 Å². The summed E-state index contributed by atoms with van der Waals surface area (Å²) >= 11 is 1.95. The number of benzene rings is 2. The number of nitrogens with zero attached hydrogens (tertiary/aromatic N) is 4. The zero-order valence-corrected chi connectivity index (χ0v) is 22.7. The highest BCUT2D eigenvalue weighted by Gasteiger charge is 2.26. The number of halogens is 10. The van der Waals surface area contributed by atoms with Crippen LogP contribution in [0.25, 0.3) is 12.2 Å². The monoisotopic (exact) mass is 760 g/mol. The van der Waals surface area contributed by atoms with Gasteiger partial charge >= 0.3 is 0 Å². The molecule has 4 nitrogen and oxygen atoms in total. The van der Waals surface area contributed by atoms with Crippen molar-refractivity contribution in [2.75, 3.05) is 0 Å². The minimum Gasteiger partial charge on any atom is -0.265 e. The van der Waals surface area contributed by atoms with Gasteiger partial charge in [-0.05, 0) is 80.6 Å². The zero-order valence-electron chi connectivity index (χ0n) is 18.3. The van der Waals surface area contributed by atoms with Crippen molar-refractivity contribution in [1.29, 1.82) is 0 Å². The molecule has 0 saturated carbocycles. The number of hydrogen-bond acceptors (Lipinski definition) is 4. The van der Waals surface area contributed by atoms with Crippen LogP contribution in [0.1, 0.15) is 11.1 Å². The van der Waals surface area contributed by atoms with E-state index in [-0.39, 0.29) is 0 Å². The summed E-state index contributed by atoms with van der Waals surface area (Å²) in [6.07, 6.45) is 11.2. The SMILES string of the molecule is C(=C/c1ccncc1)/c1ccncc1.Fc1c(F)c(N=Nc2c(F)c(F)c(I)c(F)c2F)c(F)c(F)c1I. The van der Waals surface area contributed by atoms with Gasteiger partial charge in [-0.2, -0.15) is 0 Å². The Morgan fingerprint density at radius 2 is 0.737 bits per heavy atom. The van der Waals surface area contributed by atoms with Gasteiger partial charge in [0.25, 0.3) is 0 Å². The molecule has 38 heavy (non-hydrogen) atoms. The van der Waals surface area contributed by atoms with Gasteiger partial charge in [-0.1, -0.05) is 12.2 Å². The molecule has 0 aliphatic rings. The van der Waals surface area contributed by atoms with E-state index in [2.05, 4.69) is 32.3 Å². The summed E-state index contributed by atoms with van der Waals surface area (Å²) < 4.78 is 106. The molecule has 0 aliphatic carbocycles. The summed E-state index contributed by atoms with van der Waals surface area (Å²) in [5.74, 6) is -15.2. The smallest absolute Gasteiger partial charge is 0.190 e. The first-order chi connectivity index (χ1) is 18.0. The molecule has 2 aromatic carbocycles. The van der Waals surface area contributed by atoms with E-state index in [0.29, 0.717) is 0 Å². The Kier molecular flexibility index (Phi) is 10.2. The fraction of sp³-hybridized carbons (Fsp3) is 0. The third-order valence-electron chi connectivity index (χ3n) is 4.50. The predicted molar refractivity (Wildman–Crippen MR) is 140 cm³/mol. The highest BCUT2D eigenvalue weighted by Crippen LogP contribution is 2.35. The van der Waals surface area contributed by atoms with Crippen LogP contribution in [0.2, 0.25) is 0 Å². The molecule has 0 atom stereocenters. The van der Waals surface area contributed by atoms with Gasteiger partial charge in [-0.3, -0.25) is 9.97 Å². The van der Waals surface area contributed by atoms with Crippen molar-refractivity contribution in [1.82, 2.24) is 9.97 Å². The number of aromatic nitrogens is 2. The first-order valence-corrected chi connectivity index (χ1v) is 12.1. The predicted octanol–water partition coefficient (Wildman–Crippen LogP) is 9.07. The molecular formula is C24H10F8I2N4. The number of rotatable bonds is 4. The molecule has 4 rings (SSSR count). The first kappa shape index (κ1) is 29.5. The molecule has 0 fully saturated rings. The molecular weight excluding hydrogens is 750 g/mol. The van der Waals surface area contributed by atoms with Crippen molar-refractivity contribution in [2.45, 2.75) is 0 Å². The Bertz CT molecular complexity index is 1350. The van der Waals surface area contributed by atoms with Crippen LogP contribution in [-0.4, -0.2) is 9.97 Å². The number of pyridine rings is 2. The lowest BCUT2D eigenvalue weighted by Crippen LogP contribution is -2.00. The number of hydrogen-bond donors (Lipinski definition) is 0. The molecule has 0 radical (unpaired) electrons. The van der Waals surface area contributed by atoms with Crippen LogP contribution in [0, 0.1) is 53.7 Å². The van der Waals surface area contributed by atoms with Crippen molar-refractivity contribution < 1.29 is 35.1 Å². The Hall–Kier alpha value is -3.02. The normalized spacial score (nSPS) is 11.2. The maximum atomic E-state index is 13.6. The molecule has 0 aliphatic heterocycles. The standard InChI is InChI=1S/C12F8I2N2.C12H10N2/c13-1-5(17)11(6(18)2(14)9(1)21)23-24-12-7(19)3(15)10(22)4(16)8(12)20;1(11-3-7-13-8-4-11)2-12-5-9-14-10-6-12/h;1-10H/b;2-1-. The van der Waals surface area contributed by atoms with Gasteiger partial charge in [-0.25, -0.2) is 35.1 Å². The van der Waals surface area contributed by atoms with Crippen LogP contribution in [0.3, 0.4) is 0 Å². The van der Waals surface area contributed by atoms with Crippen LogP contribution in [-0.2, 0) is 0 Å².